The maximum absolute atomic E-state index is 12.4. The number of rotatable bonds is 37. The summed E-state index contributed by atoms with van der Waals surface area (Å²) in [5, 5.41) is 0. The lowest BCUT2D eigenvalue weighted by molar-refractivity contribution is -0.161. The second-order valence-corrected chi connectivity index (χ2v) is 14.8. The number of unbranched alkanes of at least 4 members (excludes halogenated alkanes) is 13. The molecule has 9 heteroatoms. The Balaban J connectivity index is 4.07. The average molecular weight is 775 g/mol. The lowest BCUT2D eigenvalue weighted by Crippen LogP contribution is -2.29. The standard InChI is InChI=1S/C45H75O8P/c1-3-5-7-9-11-13-15-17-19-21-22-24-26-28-30-32-34-36-38-40-45(47)53-43(42-52-54(48,49)50)41-51-44(46)39-37-35-33-31-29-27-25-23-20-18-16-14-12-10-8-6-4-2/h5,7,11,13,17-20,22,24,28,30,34,36,43H,3-4,6,8-10,12,14-16,21,23,25-27,29,31-33,35,37-42H2,1-2H3,(H2,48,49,50)/b7-5-,13-11-,19-17-,20-18-,24-22-,30-28-,36-34-/t43-/m1/s1. The summed E-state index contributed by atoms with van der Waals surface area (Å²) in [6.07, 6.45) is 53.1. The minimum Gasteiger partial charge on any atom is -0.462 e. The molecule has 0 radical (unpaired) electrons. The van der Waals surface area contributed by atoms with Crippen LogP contribution in [0, 0.1) is 0 Å². The fraction of sp³-hybridized carbons (Fsp3) is 0.644. The molecule has 8 nitrogen and oxygen atoms in total. The molecule has 0 unspecified atom stereocenters. The molecule has 0 amide bonds. The maximum atomic E-state index is 12.4. The molecule has 0 aromatic rings. The fourth-order valence-corrected chi connectivity index (χ4v) is 5.69. The summed E-state index contributed by atoms with van der Waals surface area (Å²) in [7, 11) is -4.78. The second-order valence-electron chi connectivity index (χ2n) is 13.6. The number of carbonyl (C=O) groups is 2. The van der Waals surface area contributed by atoms with Crippen LogP contribution >= 0.6 is 7.82 Å². The fourth-order valence-electron chi connectivity index (χ4n) is 5.33. The molecule has 0 aliphatic carbocycles. The van der Waals surface area contributed by atoms with E-state index in [-0.39, 0.29) is 19.4 Å². The Labute approximate surface area is 329 Å². The van der Waals surface area contributed by atoms with Gasteiger partial charge in [-0.05, 0) is 77.0 Å². The molecule has 54 heavy (non-hydrogen) atoms. The third-order valence-electron chi connectivity index (χ3n) is 8.41. The highest BCUT2D eigenvalue weighted by atomic mass is 31.2. The zero-order chi connectivity index (χ0) is 39.6. The van der Waals surface area contributed by atoms with Gasteiger partial charge in [0.1, 0.15) is 6.61 Å². The summed E-state index contributed by atoms with van der Waals surface area (Å²) in [5.74, 6) is -0.993. The van der Waals surface area contributed by atoms with Gasteiger partial charge >= 0.3 is 19.8 Å². The third-order valence-corrected chi connectivity index (χ3v) is 8.90. The molecule has 0 aromatic heterocycles. The van der Waals surface area contributed by atoms with Gasteiger partial charge in [-0.25, -0.2) is 4.57 Å². The molecular formula is C45H75O8P. The van der Waals surface area contributed by atoms with Crippen LogP contribution in [0.15, 0.2) is 85.1 Å². The van der Waals surface area contributed by atoms with Crippen molar-refractivity contribution in [1.29, 1.82) is 0 Å². The molecule has 0 rings (SSSR count). The Morgan fingerprint density at radius 1 is 0.500 bits per heavy atom. The largest absolute Gasteiger partial charge is 0.469 e. The van der Waals surface area contributed by atoms with Crippen molar-refractivity contribution in [3.63, 3.8) is 0 Å². The van der Waals surface area contributed by atoms with E-state index in [1.807, 2.05) is 12.2 Å². The lowest BCUT2D eigenvalue weighted by Gasteiger charge is -2.18. The highest BCUT2D eigenvalue weighted by molar-refractivity contribution is 7.46. The Morgan fingerprint density at radius 2 is 0.926 bits per heavy atom. The second kappa shape index (κ2) is 39.9. The predicted octanol–water partition coefficient (Wildman–Crippen LogP) is 12.8. The van der Waals surface area contributed by atoms with Crippen molar-refractivity contribution in [2.45, 2.75) is 174 Å². The van der Waals surface area contributed by atoms with Crippen molar-refractivity contribution < 1.29 is 37.9 Å². The van der Waals surface area contributed by atoms with Crippen molar-refractivity contribution in [2.75, 3.05) is 13.2 Å². The molecule has 308 valence electrons. The molecule has 1 atom stereocenters. The number of ether oxygens (including phenoxy) is 2. The van der Waals surface area contributed by atoms with Crippen LogP contribution in [-0.4, -0.2) is 41.0 Å². The number of allylic oxidation sites excluding steroid dienone is 14. The first-order valence-electron chi connectivity index (χ1n) is 20.9. The number of esters is 2. The van der Waals surface area contributed by atoms with Gasteiger partial charge in [-0.15, -0.1) is 0 Å². The minimum atomic E-state index is -4.78. The highest BCUT2D eigenvalue weighted by Crippen LogP contribution is 2.36. The van der Waals surface area contributed by atoms with E-state index in [0.29, 0.717) is 12.8 Å². The number of carbonyl (C=O) groups excluding carboxylic acids is 2. The SMILES string of the molecule is CC/C=C\C/C=C\C/C=C\C/C=C\C/C=C\C/C=C\CCC(=O)O[C@H](COC(=O)CCCCCCCCC/C=C\CCCCCCCC)COP(=O)(O)O. The van der Waals surface area contributed by atoms with Gasteiger partial charge in [-0.1, -0.05) is 163 Å². The van der Waals surface area contributed by atoms with Gasteiger partial charge < -0.3 is 19.3 Å². The van der Waals surface area contributed by atoms with Gasteiger partial charge in [0.05, 0.1) is 6.61 Å². The molecule has 0 bridgehead atoms. The summed E-state index contributed by atoms with van der Waals surface area (Å²) in [6, 6.07) is 0. The van der Waals surface area contributed by atoms with E-state index < -0.39 is 32.5 Å². The molecule has 0 aliphatic heterocycles. The molecule has 0 spiro atoms. The van der Waals surface area contributed by atoms with E-state index in [9.17, 15) is 14.2 Å². The number of phosphoric ester groups is 1. The van der Waals surface area contributed by atoms with E-state index in [4.69, 9.17) is 19.3 Å². The summed E-state index contributed by atoms with van der Waals surface area (Å²) in [4.78, 5) is 42.8. The molecule has 0 aliphatic rings. The smallest absolute Gasteiger partial charge is 0.462 e. The molecule has 2 N–H and O–H groups in total. The van der Waals surface area contributed by atoms with E-state index in [2.05, 4.69) is 91.3 Å². The van der Waals surface area contributed by atoms with Gasteiger partial charge in [0.15, 0.2) is 6.10 Å². The summed E-state index contributed by atoms with van der Waals surface area (Å²) >= 11 is 0. The maximum Gasteiger partial charge on any atom is 0.469 e. The molecule has 0 heterocycles. The average Bonchev–Trinajstić information content (AvgIpc) is 3.14. The Kier molecular flexibility index (Phi) is 37.9. The van der Waals surface area contributed by atoms with E-state index in [0.717, 1.165) is 64.2 Å². The van der Waals surface area contributed by atoms with E-state index in [1.54, 1.807) is 0 Å². The van der Waals surface area contributed by atoms with Crippen LogP contribution in [0.5, 0.6) is 0 Å². The summed E-state index contributed by atoms with van der Waals surface area (Å²) < 4.78 is 26.3. The van der Waals surface area contributed by atoms with Crippen molar-refractivity contribution in [1.82, 2.24) is 0 Å². The van der Waals surface area contributed by atoms with Crippen LogP contribution < -0.4 is 0 Å². The molecule has 0 saturated carbocycles. The van der Waals surface area contributed by atoms with Crippen LogP contribution in [0.4, 0.5) is 0 Å². The normalized spacial score (nSPS) is 13.3. The van der Waals surface area contributed by atoms with Crippen LogP contribution in [0.1, 0.15) is 168 Å². The zero-order valence-corrected chi connectivity index (χ0v) is 34.7. The van der Waals surface area contributed by atoms with E-state index >= 15 is 0 Å². The topological polar surface area (TPSA) is 119 Å². The lowest BCUT2D eigenvalue weighted by atomic mass is 10.1. The predicted molar refractivity (Wildman–Crippen MR) is 225 cm³/mol. The van der Waals surface area contributed by atoms with Crippen LogP contribution in [0.2, 0.25) is 0 Å². The molecule has 0 fully saturated rings. The monoisotopic (exact) mass is 775 g/mol. The van der Waals surface area contributed by atoms with Crippen molar-refractivity contribution in [2.24, 2.45) is 0 Å². The van der Waals surface area contributed by atoms with Gasteiger partial charge in [-0.3, -0.25) is 14.1 Å². The first-order chi connectivity index (χ1) is 26.3. The van der Waals surface area contributed by atoms with Crippen LogP contribution in [0.25, 0.3) is 0 Å². The zero-order valence-electron chi connectivity index (χ0n) is 33.8. The third kappa shape index (κ3) is 42.0. The Morgan fingerprint density at radius 3 is 1.41 bits per heavy atom. The number of phosphoric acid groups is 1. The molecule has 0 saturated heterocycles. The first-order valence-corrected chi connectivity index (χ1v) is 22.4. The first kappa shape index (κ1) is 51.2. The summed E-state index contributed by atoms with van der Waals surface area (Å²) in [5.41, 5.74) is 0. The summed E-state index contributed by atoms with van der Waals surface area (Å²) in [6.45, 7) is 3.49. The number of hydrogen-bond acceptors (Lipinski definition) is 6. The van der Waals surface area contributed by atoms with E-state index in [1.165, 1.54) is 64.2 Å². The van der Waals surface area contributed by atoms with Crippen molar-refractivity contribution in [3.05, 3.63) is 85.1 Å². The van der Waals surface area contributed by atoms with Crippen molar-refractivity contribution >= 4 is 19.8 Å². The molecular weight excluding hydrogens is 699 g/mol. The van der Waals surface area contributed by atoms with Crippen LogP contribution in [-0.2, 0) is 28.2 Å². The highest BCUT2D eigenvalue weighted by Gasteiger charge is 2.22. The van der Waals surface area contributed by atoms with Gasteiger partial charge in [0.2, 0.25) is 0 Å². The number of hydrogen-bond donors (Lipinski definition) is 2. The van der Waals surface area contributed by atoms with Crippen molar-refractivity contribution in [3.8, 4) is 0 Å². The molecule has 0 aromatic carbocycles. The Hall–Kier alpha value is -2.77. The Bertz CT molecular complexity index is 1140. The van der Waals surface area contributed by atoms with Gasteiger partial charge in [-0.2, -0.15) is 0 Å². The quantitative estimate of drug-likeness (QED) is 0.0277. The van der Waals surface area contributed by atoms with Gasteiger partial charge in [0, 0.05) is 12.8 Å². The minimum absolute atomic E-state index is 0.0818. The van der Waals surface area contributed by atoms with Gasteiger partial charge in [0.25, 0.3) is 0 Å². The van der Waals surface area contributed by atoms with Crippen LogP contribution in [0.3, 0.4) is 0 Å².